The molecule has 0 aliphatic carbocycles. The first-order valence-electron chi connectivity index (χ1n) is 9.77. The minimum atomic E-state index is -3.74. The van der Waals surface area contributed by atoms with E-state index in [2.05, 4.69) is 4.98 Å². The molecular weight excluding hydrogens is 426 g/mol. The Kier molecular flexibility index (Phi) is 6.19. The SMILES string of the molecule is COCCN(C(=O)c1ccc(S(=O)(=O)N2CCCCC2)o1)c1nc2ccccc2s1. The second kappa shape index (κ2) is 8.84. The first-order valence-corrected chi connectivity index (χ1v) is 12.0. The van der Waals surface area contributed by atoms with Crippen LogP contribution >= 0.6 is 11.3 Å². The number of hydrogen-bond acceptors (Lipinski definition) is 7. The van der Waals surface area contributed by atoms with E-state index < -0.39 is 15.9 Å². The van der Waals surface area contributed by atoms with Crippen LogP contribution in [0.2, 0.25) is 0 Å². The van der Waals surface area contributed by atoms with Crippen molar-refractivity contribution in [3.05, 3.63) is 42.2 Å². The van der Waals surface area contributed by atoms with Gasteiger partial charge >= 0.3 is 0 Å². The van der Waals surface area contributed by atoms with Gasteiger partial charge in [0.05, 0.1) is 23.4 Å². The van der Waals surface area contributed by atoms with Crippen LogP contribution in [0, 0.1) is 0 Å². The first-order chi connectivity index (χ1) is 14.5. The summed E-state index contributed by atoms with van der Waals surface area (Å²) in [6.07, 6.45) is 2.67. The topological polar surface area (TPSA) is 93.0 Å². The van der Waals surface area contributed by atoms with Crippen molar-refractivity contribution in [1.29, 1.82) is 0 Å². The molecule has 1 fully saturated rings. The van der Waals surface area contributed by atoms with Gasteiger partial charge in [-0.2, -0.15) is 4.31 Å². The molecule has 1 aliphatic rings. The summed E-state index contributed by atoms with van der Waals surface area (Å²) in [7, 11) is -2.19. The number of amides is 1. The predicted molar refractivity (Wildman–Crippen MR) is 114 cm³/mol. The zero-order valence-corrected chi connectivity index (χ0v) is 18.2. The number of ether oxygens (including phenoxy) is 1. The van der Waals surface area contributed by atoms with Gasteiger partial charge < -0.3 is 9.15 Å². The first kappa shape index (κ1) is 21.0. The molecule has 160 valence electrons. The summed E-state index contributed by atoms with van der Waals surface area (Å²) >= 11 is 1.38. The molecule has 0 spiro atoms. The maximum atomic E-state index is 13.2. The number of para-hydroxylation sites is 1. The Bertz CT molecular complexity index is 1100. The molecule has 0 bridgehead atoms. The summed E-state index contributed by atoms with van der Waals surface area (Å²) in [6.45, 7) is 1.52. The van der Waals surface area contributed by atoms with Crippen LogP contribution in [0.5, 0.6) is 0 Å². The minimum Gasteiger partial charge on any atom is -0.438 e. The molecule has 1 aliphatic heterocycles. The van der Waals surface area contributed by atoms with Crippen molar-refractivity contribution in [2.24, 2.45) is 0 Å². The van der Waals surface area contributed by atoms with Gasteiger partial charge in [0.25, 0.3) is 15.9 Å². The van der Waals surface area contributed by atoms with Gasteiger partial charge in [-0.15, -0.1) is 0 Å². The van der Waals surface area contributed by atoms with E-state index >= 15 is 0 Å². The van der Waals surface area contributed by atoms with Crippen LogP contribution in [0.1, 0.15) is 29.8 Å². The van der Waals surface area contributed by atoms with Crippen molar-refractivity contribution in [3.8, 4) is 0 Å². The monoisotopic (exact) mass is 449 g/mol. The number of sulfonamides is 1. The number of nitrogens with zero attached hydrogens (tertiary/aromatic N) is 3. The van der Waals surface area contributed by atoms with E-state index in [9.17, 15) is 13.2 Å². The second-order valence-corrected chi connectivity index (χ2v) is 9.88. The fourth-order valence-corrected chi connectivity index (χ4v) is 5.80. The molecule has 3 aromatic rings. The summed E-state index contributed by atoms with van der Waals surface area (Å²) in [5.41, 5.74) is 0.792. The molecule has 3 heterocycles. The highest BCUT2D eigenvalue weighted by Crippen LogP contribution is 2.30. The lowest BCUT2D eigenvalue weighted by molar-refractivity contribution is 0.0944. The van der Waals surface area contributed by atoms with E-state index in [0.29, 0.717) is 24.8 Å². The maximum absolute atomic E-state index is 13.2. The number of methoxy groups -OCH3 is 1. The van der Waals surface area contributed by atoms with Crippen molar-refractivity contribution in [1.82, 2.24) is 9.29 Å². The largest absolute Gasteiger partial charge is 0.438 e. The number of carbonyl (C=O) groups excluding carboxylic acids is 1. The Balaban J connectivity index is 1.62. The third-order valence-corrected chi connectivity index (χ3v) is 7.81. The van der Waals surface area contributed by atoms with Gasteiger partial charge in [-0.05, 0) is 37.1 Å². The number of anilines is 1. The average molecular weight is 450 g/mol. The number of thiazole rings is 1. The van der Waals surface area contributed by atoms with Crippen LogP contribution in [0.3, 0.4) is 0 Å². The Hall–Kier alpha value is -2.27. The number of benzene rings is 1. The number of fused-ring (bicyclic) bond motifs is 1. The highest BCUT2D eigenvalue weighted by Gasteiger charge is 2.31. The lowest BCUT2D eigenvalue weighted by atomic mass is 10.2. The molecule has 1 aromatic carbocycles. The van der Waals surface area contributed by atoms with E-state index in [-0.39, 0.29) is 17.4 Å². The number of piperidine rings is 1. The molecule has 0 radical (unpaired) electrons. The summed E-state index contributed by atoms with van der Waals surface area (Å²) < 4.78 is 38.7. The number of hydrogen-bond donors (Lipinski definition) is 0. The molecule has 2 aromatic heterocycles. The number of rotatable bonds is 7. The zero-order chi connectivity index (χ0) is 21.1. The van der Waals surface area contributed by atoms with Gasteiger partial charge in [0.1, 0.15) is 0 Å². The molecule has 4 rings (SSSR count). The highest BCUT2D eigenvalue weighted by atomic mass is 32.2. The Morgan fingerprint density at radius 3 is 2.70 bits per heavy atom. The Morgan fingerprint density at radius 2 is 1.97 bits per heavy atom. The van der Waals surface area contributed by atoms with E-state index in [1.54, 1.807) is 7.11 Å². The molecule has 0 N–H and O–H groups in total. The van der Waals surface area contributed by atoms with Crippen LogP contribution in [-0.4, -0.2) is 57.0 Å². The van der Waals surface area contributed by atoms with Crippen molar-refractivity contribution in [2.75, 3.05) is 38.3 Å². The van der Waals surface area contributed by atoms with Crippen molar-refractivity contribution < 1.29 is 22.4 Å². The summed E-state index contributed by atoms with van der Waals surface area (Å²) in [5, 5.41) is 0.304. The van der Waals surface area contributed by atoms with Crippen LogP contribution in [-0.2, 0) is 14.8 Å². The van der Waals surface area contributed by atoms with Gasteiger partial charge in [0.2, 0.25) is 5.09 Å². The van der Waals surface area contributed by atoms with Crippen LogP contribution in [0.25, 0.3) is 10.2 Å². The highest BCUT2D eigenvalue weighted by molar-refractivity contribution is 7.89. The average Bonchev–Trinajstić information content (AvgIpc) is 3.42. The van der Waals surface area contributed by atoms with E-state index in [1.807, 2.05) is 24.3 Å². The van der Waals surface area contributed by atoms with Gasteiger partial charge in [-0.25, -0.2) is 13.4 Å². The van der Waals surface area contributed by atoms with Gasteiger partial charge in [-0.1, -0.05) is 29.9 Å². The smallest absolute Gasteiger partial charge is 0.295 e. The zero-order valence-electron chi connectivity index (χ0n) is 16.6. The van der Waals surface area contributed by atoms with Crippen LogP contribution < -0.4 is 4.90 Å². The summed E-state index contributed by atoms with van der Waals surface area (Å²) in [4.78, 5) is 19.2. The number of carbonyl (C=O) groups is 1. The molecule has 0 unspecified atom stereocenters. The molecule has 10 heteroatoms. The van der Waals surface area contributed by atoms with E-state index in [0.717, 1.165) is 29.5 Å². The number of aromatic nitrogens is 1. The lowest BCUT2D eigenvalue weighted by Gasteiger charge is -2.24. The third-order valence-electron chi connectivity index (χ3n) is 4.98. The van der Waals surface area contributed by atoms with E-state index in [1.165, 1.54) is 32.7 Å². The molecule has 30 heavy (non-hydrogen) atoms. The van der Waals surface area contributed by atoms with E-state index in [4.69, 9.17) is 9.15 Å². The number of furan rings is 1. The molecule has 1 saturated heterocycles. The Morgan fingerprint density at radius 1 is 1.20 bits per heavy atom. The molecule has 0 saturated carbocycles. The van der Waals surface area contributed by atoms with Crippen LogP contribution in [0.4, 0.5) is 5.13 Å². The summed E-state index contributed by atoms with van der Waals surface area (Å²) in [6, 6.07) is 10.4. The van der Waals surface area contributed by atoms with Crippen LogP contribution in [0.15, 0.2) is 45.9 Å². The quantitative estimate of drug-likeness (QED) is 0.549. The minimum absolute atomic E-state index is 0.0408. The third kappa shape index (κ3) is 4.13. The second-order valence-electron chi connectivity index (χ2n) is 7.00. The standard InChI is InChI=1S/C20H23N3O5S2/c1-27-14-13-23(20-21-15-7-3-4-8-17(15)29-20)19(24)16-9-10-18(28-16)30(25,26)22-11-5-2-6-12-22/h3-4,7-10H,2,5-6,11-14H2,1H3. The van der Waals surface area contributed by atoms with Crippen molar-refractivity contribution in [2.45, 2.75) is 24.4 Å². The van der Waals surface area contributed by atoms with Crippen molar-refractivity contribution >= 4 is 42.6 Å². The summed E-state index contributed by atoms with van der Waals surface area (Å²) in [5.74, 6) is -0.493. The normalized spacial score (nSPS) is 15.5. The molecule has 0 atom stereocenters. The lowest BCUT2D eigenvalue weighted by Crippen LogP contribution is -2.35. The molecule has 1 amide bonds. The fourth-order valence-electron chi connectivity index (χ4n) is 3.38. The molecular formula is C20H23N3O5S2. The predicted octanol–water partition coefficient (Wildman–Crippen LogP) is 3.36. The fraction of sp³-hybridized carbons (Fsp3) is 0.400. The Labute approximate surface area is 179 Å². The van der Waals surface area contributed by atoms with Gasteiger partial charge in [0, 0.05) is 20.2 Å². The van der Waals surface area contributed by atoms with Gasteiger partial charge in [-0.3, -0.25) is 9.69 Å². The van der Waals surface area contributed by atoms with Gasteiger partial charge in [0.15, 0.2) is 10.9 Å². The molecule has 8 nitrogen and oxygen atoms in total. The van der Waals surface area contributed by atoms with Crippen molar-refractivity contribution in [3.63, 3.8) is 0 Å². The maximum Gasteiger partial charge on any atom is 0.295 e.